The SMILES string of the molecule is CC(C)(C)c1ccc(NC(=O)O[C@@H]2CO[C@H]3[C@@H]2OC[C@@H]3Nc2nccc(-c3ccco3)n2)cc1. The number of hydrogen-bond acceptors (Lipinski definition) is 8. The highest BCUT2D eigenvalue weighted by molar-refractivity contribution is 5.84. The zero-order valence-corrected chi connectivity index (χ0v) is 19.4. The Morgan fingerprint density at radius 1 is 1.06 bits per heavy atom. The second-order valence-electron chi connectivity index (χ2n) is 9.49. The average Bonchev–Trinajstić information content (AvgIpc) is 3.54. The Labute approximate surface area is 197 Å². The number of hydrogen-bond donors (Lipinski definition) is 2. The maximum Gasteiger partial charge on any atom is 0.412 e. The van der Waals surface area contributed by atoms with Crippen LogP contribution in [0.5, 0.6) is 0 Å². The van der Waals surface area contributed by atoms with Gasteiger partial charge >= 0.3 is 6.09 Å². The van der Waals surface area contributed by atoms with Crippen LogP contribution in [0.25, 0.3) is 11.5 Å². The number of anilines is 2. The van der Waals surface area contributed by atoms with Crippen LogP contribution < -0.4 is 10.6 Å². The third-order valence-corrected chi connectivity index (χ3v) is 6.01. The smallest absolute Gasteiger partial charge is 0.412 e. The standard InChI is InChI=1S/C25H28N4O5/c1-25(2,3)15-6-8-16(9-7-15)27-24(30)34-20-14-33-21-18(13-32-22(20)21)29-23-26-11-10-17(28-23)19-5-4-12-31-19/h4-12,18,20-22H,13-14H2,1-3H3,(H,27,30)(H,26,28,29)/t18-,20+,21+,22+/m0/s1. The van der Waals surface area contributed by atoms with Crippen molar-refractivity contribution in [2.75, 3.05) is 23.8 Å². The van der Waals surface area contributed by atoms with Crippen molar-refractivity contribution in [3.8, 4) is 11.5 Å². The van der Waals surface area contributed by atoms with Crippen LogP contribution >= 0.6 is 0 Å². The molecule has 3 aromatic rings. The number of benzene rings is 1. The first-order chi connectivity index (χ1) is 16.4. The molecule has 0 saturated carbocycles. The molecule has 0 bridgehead atoms. The van der Waals surface area contributed by atoms with E-state index in [1.54, 1.807) is 18.5 Å². The molecule has 5 rings (SSSR count). The largest absolute Gasteiger partial charge is 0.463 e. The van der Waals surface area contributed by atoms with Crippen LogP contribution in [0.15, 0.2) is 59.3 Å². The second-order valence-corrected chi connectivity index (χ2v) is 9.49. The number of nitrogens with zero attached hydrogens (tertiary/aromatic N) is 2. The maximum absolute atomic E-state index is 12.5. The van der Waals surface area contributed by atoms with Crippen molar-refractivity contribution < 1.29 is 23.4 Å². The third kappa shape index (κ3) is 4.76. The van der Waals surface area contributed by atoms with Gasteiger partial charge in [-0.1, -0.05) is 32.9 Å². The molecule has 4 atom stereocenters. The normalized spacial score (nSPS) is 24.0. The molecule has 2 aliphatic heterocycles. The summed E-state index contributed by atoms with van der Waals surface area (Å²) in [5.41, 5.74) is 2.59. The van der Waals surface area contributed by atoms with Crippen molar-refractivity contribution in [1.29, 1.82) is 0 Å². The van der Waals surface area contributed by atoms with Gasteiger partial charge in [0.2, 0.25) is 5.95 Å². The molecule has 2 aliphatic rings. The van der Waals surface area contributed by atoms with E-state index < -0.39 is 12.2 Å². The molecule has 9 nitrogen and oxygen atoms in total. The van der Waals surface area contributed by atoms with Crippen LogP contribution in [0.1, 0.15) is 26.3 Å². The zero-order valence-electron chi connectivity index (χ0n) is 19.4. The molecule has 2 fully saturated rings. The van der Waals surface area contributed by atoms with E-state index in [1.807, 2.05) is 36.4 Å². The summed E-state index contributed by atoms with van der Waals surface area (Å²) in [5.74, 6) is 1.11. The van der Waals surface area contributed by atoms with E-state index >= 15 is 0 Å². The highest BCUT2D eigenvalue weighted by Gasteiger charge is 2.49. The first kappa shape index (κ1) is 22.4. The topological polar surface area (TPSA) is 108 Å². The van der Waals surface area contributed by atoms with E-state index in [0.29, 0.717) is 29.7 Å². The van der Waals surface area contributed by atoms with Crippen molar-refractivity contribution in [3.05, 3.63) is 60.5 Å². The van der Waals surface area contributed by atoms with Crippen LogP contribution in [-0.2, 0) is 19.6 Å². The number of carbonyl (C=O) groups is 1. The van der Waals surface area contributed by atoms with Gasteiger partial charge < -0.3 is 23.9 Å². The quantitative estimate of drug-likeness (QED) is 0.578. The van der Waals surface area contributed by atoms with E-state index in [1.165, 1.54) is 5.56 Å². The fourth-order valence-corrected chi connectivity index (χ4v) is 4.18. The zero-order chi connectivity index (χ0) is 23.7. The summed E-state index contributed by atoms with van der Waals surface area (Å²) in [4.78, 5) is 21.3. The molecule has 4 heterocycles. The lowest BCUT2D eigenvalue weighted by Crippen LogP contribution is -2.38. The first-order valence-corrected chi connectivity index (χ1v) is 11.3. The van der Waals surface area contributed by atoms with Crippen LogP contribution in [0.4, 0.5) is 16.4 Å². The minimum atomic E-state index is -0.535. The van der Waals surface area contributed by atoms with Crippen LogP contribution in [0.3, 0.4) is 0 Å². The van der Waals surface area contributed by atoms with Crippen molar-refractivity contribution in [3.63, 3.8) is 0 Å². The lowest BCUT2D eigenvalue weighted by atomic mass is 9.87. The molecular weight excluding hydrogens is 436 g/mol. The van der Waals surface area contributed by atoms with E-state index in [9.17, 15) is 4.79 Å². The molecule has 0 radical (unpaired) electrons. The Morgan fingerprint density at radius 2 is 1.85 bits per heavy atom. The lowest BCUT2D eigenvalue weighted by molar-refractivity contribution is 0.00917. The monoisotopic (exact) mass is 464 g/mol. The van der Waals surface area contributed by atoms with Gasteiger partial charge in [0.15, 0.2) is 11.9 Å². The molecule has 0 aliphatic carbocycles. The Bertz CT molecular complexity index is 1130. The van der Waals surface area contributed by atoms with Gasteiger partial charge in [0, 0.05) is 11.9 Å². The summed E-state index contributed by atoms with van der Waals surface area (Å²) in [7, 11) is 0. The van der Waals surface area contributed by atoms with E-state index in [0.717, 1.165) is 0 Å². The molecule has 34 heavy (non-hydrogen) atoms. The third-order valence-electron chi connectivity index (χ3n) is 6.01. The summed E-state index contributed by atoms with van der Waals surface area (Å²) in [6.45, 7) is 7.08. The van der Waals surface area contributed by atoms with Crippen LogP contribution in [0, 0.1) is 0 Å². The fraction of sp³-hybridized carbons (Fsp3) is 0.400. The molecule has 1 amide bonds. The number of furan rings is 1. The predicted molar refractivity (Wildman–Crippen MR) is 126 cm³/mol. The highest BCUT2D eigenvalue weighted by atomic mass is 16.6. The molecule has 2 saturated heterocycles. The molecule has 178 valence electrons. The number of amides is 1. The van der Waals surface area contributed by atoms with Crippen LogP contribution in [0.2, 0.25) is 0 Å². The van der Waals surface area contributed by atoms with E-state index in [-0.39, 0.29) is 30.3 Å². The minimum absolute atomic E-state index is 0.0464. The van der Waals surface area contributed by atoms with Crippen molar-refractivity contribution >= 4 is 17.7 Å². The van der Waals surface area contributed by atoms with Gasteiger partial charge in [-0.05, 0) is 41.3 Å². The summed E-state index contributed by atoms with van der Waals surface area (Å²) in [6, 6.07) is 13.0. The van der Waals surface area contributed by atoms with Crippen LogP contribution in [-0.4, -0.2) is 53.6 Å². The van der Waals surface area contributed by atoms with Gasteiger partial charge in [-0.2, -0.15) is 0 Å². The number of carbonyl (C=O) groups excluding carboxylic acids is 1. The number of aromatic nitrogens is 2. The number of rotatable bonds is 5. The summed E-state index contributed by atoms with van der Waals surface area (Å²) in [5, 5.41) is 6.06. The van der Waals surface area contributed by atoms with E-state index in [2.05, 4.69) is 41.4 Å². The van der Waals surface area contributed by atoms with Crippen molar-refractivity contribution in [2.24, 2.45) is 0 Å². The fourth-order valence-electron chi connectivity index (χ4n) is 4.18. The van der Waals surface area contributed by atoms with E-state index in [4.69, 9.17) is 18.6 Å². The second kappa shape index (κ2) is 9.08. The molecule has 2 aromatic heterocycles. The first-order valence-electron chi connectivity index (χ1n) is 11.3. The predicted octanol–water partition coefficient (Wildman–Crippen LogP) is 4.23. The molecule has 9 heteroatoms. The summed E-state index contributed by atoms with van der Waals surface area (Å²) < 4.78 is 22.9. The number of ether oxygens (including phenoxy) is 3. The number of nitrogens with one attached hydrogen (secondary N) is 2. The molecule has 0 unspecified atom stereocenters. The van der Waals surface area contributed by atoms with Gasteiger partial charge in [-0.3, -0.25) is 5.32 Å². The van der Waals surface area contributed by atoms with Crippen molar-refractivity contribution in [2.45, 2.75) is 50.5 Å². The molecule has 0 spiro atoms. The molecular formula is C25H28N4O5. The minimum Gasteiger partial charge on any atom is -0.463 e. The lowest BCUT2D eigenvalue weighted by Gasteiger charge is -2.20. The summed E-state index contributed by atoms with van der Waals surface area (Å²) >= 11 is 0. The molecule has 1 aromatic carbocycles. The highest BCUT2D eigenvalue weighted by Crippen LogP contribution is 2.31. The van der Waals surface area contributed by atoms with Gasteiger partial charge in [0.1, 0.15) is 17.9 Å². The maximum atomic E-state index is 12.5. The Kier molecular flexibility index (Phi) is 5.97. The Hall–Kier alpha value is -3.43. The Balaban J connectivity index is 1.16. The van der Waals surface area contributed by atoms with Gasteiger partial charge in [0.05, 0.1) is 25.5 Å². The summed E-state index contributed by atoms with van der Waals surface area (Å²) in [6.07, 6.45) is 1.59. The van der Waals surface area contributed by atoms with Gasteiger partial charge in [0.25, 0.3) is 0 Å². The Morgan fingerprint density at radius 3 is 2.59 bits per heavy atom. The average molecular weight is 465 g/mol. The molecule has 2 N–H and O–H groups in total. The van der Waals surface area contributed by atoms with Gasteiger partial charge in [-0.15, -0.1) is 0 Å². The van der Waals surface area contributed by atoms with Gasteiger partial charge in [-0.25, -0.2) is 14.8 Å². The number of fused-ring (bicyclic) bond motifs is 1. The van der Waals surface area contributed by atoms with Crippen molar-refractivity contribution in [1.82, 2.24) is 9.97 Å².